The van der Waals surface area contributed by atoms with Crippen LogP contribution in [0.1, 0.15) is 33.6 Å². The van der Waals surface area contributed by atoms with Gasteiger partial charge in [-0.25, -0.2) is 9.18 Å². The lowest BCUT2D eigenvalue weighted by Gasteiger charge is -2.45. The van der Waals surface area contributed by atoms with Crippen LogP contribution in [0.2, 0.25) is 0 Å². The molecule has 0 radical (unpaired) electrons. The van der Waals surface area contributed by atoms with Crippen molar-refractivity contribution in [2.45, 2.75) is 45.8 Å². The molecule has 0 saturated carbocycles. The van der Waals surface area contributed by atoms with Gasteiger partial charge < -0.3 is 15.1 Å². The summed E-state index contributed by atoms with van der Waals surface area (Å²) >= 11 is 0. The molecule has 2 N–H and O–H groups in total. The zero-order valence-corrected chi connectivity index (χ0v) is 10.7. The van der Waals surface area contributed by atoms with Crippen LogP contribution in [0.25, 0.3) is 0 Å². The Kier molecular flexibility index (Phi) is 4.36. The van der Waals surface area contributed by atoms with E-state index in [-0.39, 0.29) is 17.4 Å². The van der Waals surface area contributed by atoms with Crippen LogP contribution < -0.4 is 0 Å². The summed E-state index contributed by atoms with van der Waals surface area (Å²) in [4.78, 5) is 12.5. The molecule has 0 aliphatic carbocycles. The Morgan fingerprint density at radius 1 is 1.53 bits per heavy atom. The number of rotatable bonds is 2. The second-order valence-corrected chi connectivity index (χ2v) is 5.84. The summed E-state index contributed by atoms with van der Waals surface area (Å²) in [6.07, 6.45) is -1.21. The molecule has 0 bridgehead atoms. The molecule has 5 heteroatoms. The van der Waals surface area contributed by atoms with Gasteiger partial charge in [0, 0.05) is 12.6 Å². The van der Waals surface area contributed by atoms with E-state index < -0.39 is 18.9 Å². The van der Waals surface area contributed by atoms with Gasteiger partial charge in [0.1, 0.15) is 6.17 Å². The molecular formula is C12H22FNO3. The number of aliphatic hydroxyl groups excluding tert-OH is 1. The molecule has 0 aromatic carbocycles. The molecule has 1 fully saturated rings. The van der Waals surface area contributed by atoms with Crippen molar-refractivity contribution in [3.05, 3.63) is 0 Å². The number of aliphatic hydroxyl groups is 1. The zero-order chi connectivity index (χ0) is 13.2. The maximum Gasteiger partial charge on any atom is 0.407 e. The summed E-state index contributed by atoms with van der Waals surface area (Å²) in [5, 5.41) is 18.0. The number of piperidine rings is 1. The lowest BCUT2D eigenvalue weighted by atomic mass is 9.76. The third-order valence-electron chi connectivity index (χ3n) is 3.57. The Hall–Kier alpha value is -0.840. The summed E-state index contributed by atoms with van der Waals surface area (Å²) in [6, 6.07) is -0.191. The molecule has 17 heavy (non-hydrogen) atoms. The van der Waals surface area contributed by atoms with Gasteiger partial charge in [0.25, 0.3) is 0 Å². The van der Waals surface area contributed by atoms with E-state index in [2.05, 4.69) is 0 Å². The van der Waals surface area contributed by atoms with Gasteiger partial charge in [-0.1, -0.05) is 20.8 Å². The van der Waals surface area contributed by atoms with Crippen LogP contribution in [-0.4, -0.2) is 46.6 Å². The number of alkyl halides is 1. The second kappa shape index (κ2) is 5.21. The summed E-state index contributed by atoms with van der Waals surface area (Å²) in [5.41, 5.74) is -0.216. The predicted octanol–water partition coefficient (Wildman–Crippen LogP) is 2.12. The highest BCUT2D eigenvalue weighted by atomic mass is 19.1. The number of nitrogens with zero attached hydrogens (tertiary/aromatic N) is 1. The van der Waals surface area contributed by atoms with Gasteiger partial charge in [-0.3, -0.25) is 0 Å². The van der Waals surface area contributed by atoms with Crippen LogP contribution in [0.15, 0.2) is 0 Å². The minimum atomic E-state index is -1.24. The normalized spacial score (nSPS) is 27.9. The highest BCUT2D eigenvalue weighted by Gasteiger charge is 2.40. The Morgan fingerprint density at radius 2 is 2.12 bits per heavy atom. The lowest BCUT2D eigenvalue weighted by molar-refractivity contribution is 0.0100. The first-order chi connectivity index (χ1) is 7.77. The van der Waals surface area contributed by atoms with Crippen molar-refractivity contribution >= 4 is 6.09 Å². The minimum absolute atomic E-state index is 0.191. The number of halogens is 1. The fourth-order valence-corrected chi connectivity index (χ4v) is 2.52. The molecule has 3 unspecified atom stereocenters. The van der Waals surface area contributed by atoms with Crippen molar-refractivity contribution in [3.63, 3.8) is 0 Å². The Balaban J connectivity index is 2.81. The summed E-state index contributed by atoms with van der Waals surface area (Å²) in [6.45, 7) is 5.75. The molecule has 0 aromatic rings. The van der Waals surface area contributed by atoms with Crippen LogP contribution in [0, 0.1) is 11.3 Å². The van der Waals surface area contributed by atoms with Gasteiger partial charge in [0.2, 0.25) is 0 Å². The van der Waals surface area contributed by atoms with Crippen LogP contribution in [-0.2, 0) is 0 Å². The summed E-state index contributed by atoms with van der Waals surface area (Å²) in [5.74, 6) is -0.236. The van der Waals surface area contributed by atoms with Crippen LogP contribution in [0.4, 0.5) is 9.18 Å². The van der Waals surface area contributed by atoms with Crippen molar-refractivity contribution in [1.82, 2.24) is 4.90 Å². The molecular weight excluding hydrogens is 225 g/mol. The number of carboxylic acid groups (broad SMARTS) is 1. The van der Waals surface area contributed by atoms with E-state index in [0.717, 1.165) is 0 Å². The number of hydrogen-bond acceptors (Lipinski definition) is 2. The van der Waals surface area contributed by atoms with Gasteiger partial charge >= 0.3 is 6.09 Å². The predicted molar refractivity (Wildman–Crippen MR) is 62.7 cm³/mol. The van der Waals surface area contributed by atoms with Crippen molar-refractivity contribution in [3.8, 4) is 0 Å². The monoisotopic (exact) mass is 247 g/mol. The van der Waals surface area contributed by atoms with E-state index >= 15 is 0 Å². The molecule has 3 atom stereocenters. The van der Waals surface area contributed by atoms with Crippen LogP contribution in [0.5, 0.6) is 0 Å². The highest BCUT2D eigenvalue weighted by Crippen LogP contribution is 2.36. The van der Waals surface area contributed by atoms with Gasteiger partial charge in [0.05, 0.1) is 6.61 Å². The molecule has 1 aliphatic heterocycles. The quantitative estimate of drug-likeness (QED) is 0.785. The largest absolute Gasteiger partial charge is 0.465 e. The molecule has 1 heterocycles. The average Bonchev–Trinajstić information content (AvgIpc) is 2.25. The molecule has 1 rings (SSSR count). The van der Waals surface area contributed by atoms with Crippen molar-refractivity contribution in [2.24, 2.45) is 11.3 Å². The number of carbonyl (C=O) groups is 1. The maximum absolute atomic E-state index is 13.5. The molecule has 0 spiro atoms. The van der Waals surface area contributed by atoms with E-state index in [4.69, 9.17) is 10.2 Å². The summed E-state index contributed by atoms with van der Waals surface area (Å²) in [7, 11) is 0. The lowest BCUT2D eigenvalue weighted by Crippen LogP contribution is -2.52. The number of hydrogen-bond donors (Lipinski definition) is 2. The molecule has 4 nitrogen and oxygen atoms in total. The topological polar surface area (TPSA) is 60.8 Å². The van der Waals surface area contributed by atoms with E-state index in [1.165, 1.54) is 4.90 Å². The van der Waals surface area contributed by atoms with Gasteiger partial charge in [-0.2, -0.15) is 0 Å². The second-order valence-electron chi connectivity index (χ2n) is 5.84. The van der Waals surface area contributed by atoms with E-state index in [9.17, 15) is 9.18 Å². The molecule has 100 valence electrons. The Bertz CT molecular complexity index is 277. The van der Waals surface area contributed by atoms with Gasteiger partial charge in [-0.05, 0) is 24.2 Å². The first kappa shape index (κ1) is 14.2. The van der Waals surface area contributed by atoms with Crippen LogP contribution in [0.3, 0.4) is 0 Å². The standard InChI is InChI=1S/C12H22FNO3/c1-12(2,3)10-6-8(9(13)7-15)4-5-14(10)11(16)17/h8-10,15H,4-7H2,1-3H3,(H,16,17). The minimum Gasteiger partial charge on any atom is -0.465 e. The van der Waals surface area contributed by atoms with Crippen molar-refractivity contribution < 1.29 is 19.4 Å². The van der Waals surface area contributed by atoms with E-state index in [0.29, 0.717) is 19.4 Å². The first-order valence-electron chi connectivity index (χ1n) is 6.02. The highest BCUT2D eigenvalue weighted by molar-refractivity contribution is 5.65. The van der Waals surface area contributed by atoms with Crippen LogP contribution >= 0.6 is 0 Å². The third kappa shape index (κ3) is 3.31. The van der Waals surface area contributed by atoms with Crippen molar-refractivity contribution in [2.75, 3.05) is 13.2 Å². The van der Waals surface area contributed by atoms with Crippen molar-refractivity contribution in [1.29, 1.82) is 0 Å². The molecule has 1 saturated heterocycles. The zero-order valence-electron chi connectivity index (χ0n) is 10.7. The number of likely N-dealkylation sites (tertiary alicyclic amines) is 1. The fraction of sp³-hybridized carbons (Fsp3) is 0.917. The average molecular weight is 247 g/mol. The first-order valence-corrected chi connectivity index (χ1v) is 6.02. The fourth-order valence-electron chi connectivity index (χ4n) is 2.52. The Morgan fingerprint density at radius 3 is 2.53 bits per heavy atom. The third-order valence-corrected chi connectivity index (χ3v) is 3.57. The summed E-state index contributed by atoms with van der Waals surface area (Å²) < 4.78 is 13.5. The molecule has 0 aromatic heterocycles. The maximum atomic E-state index is 13.5. The Labute approximate surface area is 101 Å². The molecule has 1 amide bonds. The van der Waals surface area contributed by atoms with Gasteiger partial charge in [0.15, 0.2) is 0 Å². The van der Waals surface area contributed by atoms with E-state index in [1.807, 2.05) is 20.8 Å². The SMILES string of the molecule is CC(C)(C)C1CC(C(F)CO)CCN1C(=O)O. The van der Waals surface area contributed by atoms with E-state index in [1.54, 1.807) is 0 Å². The smallest absolute Gasteiger partial charge is 0.407 e. The number of amides is 1. The van der Waals surface area contributed by atoms with Gasteiger partial charge in [-0.15, -0.1) is 0 Å². The molecule has 1 aliphatic rings.